The van der Waals surface area contributed by atoms with E-state index in [1.54, 1.807) is 0 Å². The van der Waals surface area contributed by atoms with Crippen LogP contribution in [-0.4, -0.2) is 9.55 Å². The maximum atomic E-state index is 5.57. The minimum atomic E-state index is 0.182. The molecule has 4 nitrogen and oxygen atoms in total. The summed E-state index contributed by atoms with van der Waals surface area (Å²) in [6.45, 7) is 2.23. The minimum Gasteiger partial charge on any atom is -0.337 e. The molecule has 0 saturated heterocycles. The van der Waals surface area contributed by atoms with Gasteiger partial charge < -0.3 is 4.57 Å². The van der Waals surface area contributed by atoms with Gasteiger partial charge in [0.15, 0.2) is 0 Å². The van der Waals surface area contributed by atoms with Crippen LogP contribution in [0, 0.1) is 0 Å². The number of hydrazine groups is 1. The van der Waals surface area contributed by atoms with E-state index in [0.29, 0.717) is 0 Å². The zero-order valence-corrected chi connectivity index (χ0v) is 10.4. The highest BCUT2D eigenvalue weighted by Gasteiger charge is 2.13. The van der Waals surface area contributed by atoms with E-state index in [4.69, 9.17) is 5.84 Å². The molecule has 0 radical (unpaired) electrons. The Bertz CT molecular complexity index is 282. The Kier molecular flexibility index (Phi) is 6.11. The Hall–Kier alpha value is -0.870. The summed E-state index contributed by atoms with van der Waals surface area (Å²) in [7, 11) is 2.00. The van der Waals surface area contributed by atoms with Crippen LogP contribution >= 0.6 is 0 Å². The lowest BCUT2D eigenvalue weighted by Gasteiger charge is -2.15. The molecule has 0 aliphatic heterocycles. The van der Waals surface area contributed by atoms with Crippen molar-refractivity contribution in [3.8, 4) is 0 Å². The molecule has 1 unspecified atom stereocenters. The van der Waals surface area contributed by atoms with Gasteiger partial charge in [0, 0.05) is 19.4 Å². The van der Waals surface area contributed by atoms with Gasteiger partial charge in [-0.1, -0.05) is 39.0 Å². The second kappa shape index (κ2) is 7.41. The lowest BCUT2D eigenvalue weighted by molar-refractivity contribution is 0.450. The molecule has 0 aliphatic rings. The Labute approximate surface area is 98.2 Å². The second-order valence-electron chi connectivity index (χ2n) is 4.32. The number of unbranched alkanes of at least 4 members (excludes halogenated alkanes) is 4. The monoisotopic (exact) mass is 224 g/mol. The van der Waals surface area contributed by atoms with E-state index in [2.05, 4.69) is 17.3 Å². The first-order chi connectivity index (χ1) is 7.79. The van der Waals surface area contributed by atoms with E-state index < -0.39 is 0 Å². The number of nitrogens with two attached hydrogens (primary N) is 1. The van der Waals surface area contributed by atoms with Gasteiger partial charge in [-0.15, -0.1) is 0 Å². The molecule has 0 aromatic carbocycles. The number of aromatic nitrogens is 2. The van der Waals surface area contributed by atoms with Gasteiger partial charge in [0.05, 0.1) is 6.04 Å². The summed E-state index contributed by atoms with van der Waals surface area (Å²) < 4.78 is 2.02. The van der Waals surface area contributed by atoms with Crippen LogP contribution in [0.4, 0.5) is 0 Å². The van der Waals surface area contributed by atoms with Crippen molar-refractivity contribution in [1.29, 1.82) is 0 Å². The molecular weight excluding hydrogens is 200 g/mol. The van der Waals surface area contributed by atoms with E-state index in [9.17, 15) is 0 Å². The van der Waals surface area contributed by atoms with Crippen molar-refractivity contribution in [3.63, 3.8) is 0 Å². The molecule has 4 heteroatoms. The molecule has 3 N–H and O–H groups in total. The lowest BCUT2D eigenvalue weighted by Crippen LogP contribution is -2.30. The molecule has 0 bridgehead atoms. The van der Waals surface area contributed by atoms with Crippen LogP contribution in [0.3, 0.4) is 0 Å². The van der Waals surface area contributed by atoms with Crippen LogP contribution in [0.25, 0.3) is 0 Å². The van der Waals surface area contributed by atoms with E-state index >= 15 is 0 Å². The summed E-state index contributed by atoms with van der Waals surface area (Å²) in [6, 6.07) is 0.182. The van der Waals surface area contributed by atoms with Crippen molar-refractivity contribution in [1.82, 2.24) is 15.0 Å². The van der Waals surface area contributed by atoms with Crippen molar-refractivity contribution in [2.75, 3.05) is 0 Å². The van der Waals surface area contributed by atoms with Crippen LogP contribution in [0.1, 0.15) is 57.3 Å². The average molecular weight is 224 g/mol. The van der Waals surface area contributed by atoms with Crippen LogP contribution in [0.5, 0.6) is 0 Å². The molecule has 1 rings (SSSR count). The van der Waals surface area contributed by atoms with E-state index in [-0.39, 0.29) is 6.04 Å². The number of hydrogen-bond acceptors (Lipinski definition) is 3. The predicted octanol–water partition coefficient (Wildman–Crippen LogP) is 2.29. The van der Waals surface area contributed by atoms with Crippen molar-refractivity contribution >= 4 is 0 Å². The molecule has 0 fully saturated rings. The molecule has 0 aliphatic carbocycles. The summed E-state index contributed by atoms with van der Waals surface area (Å²) >= 11 is 0. The molecule has 1 heterocycles. The summed E-state index contributed by atoms with van der Waals surface area (Å²) in [5.74, 6) is 6.60. The van der Waals surface area contributed by atoms with Gasteiger partial charge in [-0.25, -0.2) is 10.4 Å². The van der Waals surface area contributed by atoms with Gasteiger partial charge in [-0.3, -0.25) is 5.84 Å². The zero-order valence-electron chi connectivity index (χ0n) is 10.4. The van der Waals surface area contributed by atoms with Crippen molar-refractivity contribution in [3.05, 3.63) is 18.2 Å². The van der Waals surface area contributed by atoms with Crippen molar-refractivity contribution < 1.29 is 0 Å². The third-order valence-electron chi connectivity index (χ3n) is 2.97. The van der Waals surface area contributed by atoms with Crippen LogP contribution < -0.4 is 11.3 Å². The Morgan fingerprint density at radius 1 is 1.38 bits per heavy atom. The highest BCUT2D eigenvalue weighted by atomic mass is 15.3. The SMILES string of the molecule is CCCCCCCC(NN)c1nccn1C. The molecule has 92 valence electrons. The smallest absolute Gasteiger partial charge is 0.126 e. The van der Waals surface area contributed by atoms with E-state index in [0.717, 1.165) is 12.2 Å². The topological polar surface area (TPSA) is 55.9 Å². The minimum absolute atomic E-state index is 0.182. The number of nitrogens with one attached hydrogen (secondary N) is 1. The first-order valence-electron chi connectivity index (χ1n) is 6.23. The summed E-state index contributed by atoms with van der Waals surface area (Å²) in [4.78, 5) is 4.32. The third kappa shape index (κ3) is 3.94. The number of nitrogens with zero attached hydrogens (tertiary/aromatic N) is 2. The molecular formula is C12H24N4. The fraction of sp³-hybridized carbons (Fsp3) is 0.750. The normalized spacial score (nSPS) is 12.9. The largest absolute Gasteiger partial charge is 0.337 e. The fourth-order valence-electron chi connectivity index (χ4n) is 1.95. The Morgan fingerprint density at radius 3 is 2.69 bits per heavy atom. The van der Waals surface area contributed by atoms with Crippen LogP contribution in [-0.2, 0) is 7.05 Å². The number of hydrogen-bond donors (Lipinski definition) is 2. The molecule has 0 saturated carbocycles. The second-order valence-corrected chi connectivity index (χ2v) is 4.32. The quantitative estimate of drug-likeness (QED) is 0.404. The molecule has 0 spiro atoms. The van der Waals surface area contributed by atoms with Gasteiger partial charge in [-0.05, 0) is 6.42 Å². The lowest BCUT2D eigenvalue weighted by atomic mass is 10.1. The highest BCUT2D eigenvalue weighted by molar-refractivity contribution is 4.97. The third-order valence-corrected chi connectivity index (χ3v) is 2.97. The zero-order chi connectivity index (χ0) is 11.8. The summed E-state index contributed by atoms with van der Waals surface area (Å²) in [6.07, 6.45) is 11.3. The summed E-state index contributed by atoms with van der Waals surface area (Å²) in [5.41, 5.74) is 2.85. The van der Waals surface area contributed by atoms with Crippen molar-refractivity contribution in [2.24, 2.45) is 12.9 Å². The summed E-state index contributed by atoms with van der Waals surface area (Å²) in [5, 5.41) is 0. The van der Waals surface area contributed by atoms with E-state index in [1.807, 2.05) is 24.0 Å². The maximum Gasteiger partial charge on any atom is 0.126 e. The van der Waals surface area contributed by atoms with Gasteiger partial charge in [0.2, 0.25) is 0 Å². The first-order valence-corrected chi connectivity index (χ1v) is 6.23. The number of imidazole rings is 1. The number of aryl methyl sites for hydroxylation is 1. The van der Waals surface area contributed by atoms with Crippen LogP contribution in [0.2, 0.25) is 0 Å². The molecule has 1 aromatic rings. The van der Waals surface area contributed by atoms with Gasteiger partial charge >= 0.3 is 0 Å². The van der Waals surface area contributed by atoms with Gasteiger partial charge in [-0.2, -0.15) is 0 Å². The first kappa shape index (κ1) is 13.2. The standard InChI is InChI=1S/C12H24N4/c1-3-4-5-6-7-8-11(15-13)12-14-9-10-16(12)2/h9-11,15H,3-8,13H2,1-2H3. The molecule has 16 heavy (non-hydrogen) atoms. The molecule has 0 amide bonds. The van der Waals surface area contributed by atoms with Gasteiger partial charge in [0.25, 0.3) is 0 Å². The number of rotatable bonds is 8. The average Bonchev–Trinajstić information content (AvgIpc) is 2.70. The molecule has 1 aromatic heterocycles. The highest BCUT2D eigenvalue weighted by Crippen LogP contribution is 2.17. The van der Waals surface area contributed by atoms with E-state index in [1.165, 1.54) is 32.1 Å². The predicted molar refractivity (Wildman–Crippen MR) is 66.6 cm³/mol. The maximum absolute atomic E-state index is 5.57. The Morgan fingerprint density at radius 2 is 2.12 bits per heavy atom. The van der Waals surface area contributed by atoms with Crippen LogP contribution in [0.15, 0.2) is 12.4 Å². The van der Waals surface area contributed by atoms with Gasteiger partial charge in [0.1, 0.15) is 5.82 Å². The van der Waals surface area contributed by atoms with Crippen molar-refractivity contribution in [2.45, 2.75) is 51.5 Å². The fourth-order valence-corrected chi connectivity index (χ4v) is 1.95. The molecule has 1 atom stereocenters. The Balaban J connectivity index is 2.30.